The van der Waals surface area contributed by atoms with Crippen molar-refractivity contribution in [2.45, 2.75) is 13.3 Å². The zero-order chi connectivity index (χ0) is 15.0. The second-order valence-corrected chi connectivity index (χ2v) is 4.58. The minimum absolute atomic E-state index is 0.0901. The van der Waals surface area contributed by atoms with Gasteiger partial charge < -0.3 is 10.4 Å². The average molecular weight is 274 g/mol. The molecule has 0 aliphatic carbocycles. The van der Waals surface area contributed by atoms with Crippen molar-refractivity contribution in [3.05, 3.63) is 42.0 Å². The number of rotatable bonds is 7. The Morgan fingerprint density at radius 1 is 1.35 bits per heavy atom. The molecule has 0 aliphatic heterocycles. The molecule has 0 saturated heterocycles. The van der Waals surface area contributed by atoms with Crippen molar-refractivity contribution >= 4 is 23.7 Å². The maximum Gasteiger partial charge on any atom is 0.349 e. The standard InChI is InChI=1S/C15H18N2O3/c1-11(9-13(16)15(19)20)10-17-14(18)8-7-12-5-3-2-4-6-12/h2-8,11,16H,9-10H2,1H3,(H,17,18)(H,19,20)/b8-7+,16-13?. The van der Waals surface area contributed by atoms with Gasteiger partial charge in [0.2, 0.25) is 5.91 Å². The fraction of sp³-hybridized carbons (Fsp3) is 0.267. The molecule has 1 unspecified atom stereocenters. The predicted octanol–water partition coefficient (Wildman–Crippen LogP) is 1.95. The molecule has 0 radical (unpaired) electrons. The maximum atomic E-state index is 11.6. The molecule has 3 N–H and O–H groups in total. The molecular formula is C15H18N2O3. The molecule has 106 valence electrons. The molecule has 0 spiro atoms. The van der Waals surface area contributed by atoms with Gasteiger partial charge in [0.25, 0.3) is 0 Å². The van der Waals surface area contributed by atoms with Gasteiger partial charge in [-0.25, -0.2) is 4.79 Å². The number of carbonyl (C=O) groups is 2. The van der Waals surface area contributed by atoms with Crippen LogP contribution in [0.15, 0.2) is 36.4 Å². The van der Waals surface area contributed by atoms with Crippen molar-refractivity contribution in [2.24, 2.45) is 5.92 Å². The Morgan fingerprint density at radius 2 is 2.00 bits per heavy atom. The lowest BCUT2D eigenvalue weighted by molar-refractivity contribution is -0.129. The molecule has 0 bridgehead atoms. The molecule has 1 amide bonds. The van der Waals surface area contributed by atoms with E-state index in [0.717, 1.165) is 5.56 Å². The summed E-state index contributed by atoms with van der Waals surface area (Å²) in [5.74, 6) is -1.54. The summed E-state index contributed by atoms with van der Waals surface area (Å²) in [6.07, 6.45) is 3.28. The van der Waals surface area contributed by atoms with Gasteiger partial charge in [0.1, 0.15) is 5.71 Å². The molecular weight excluding hydrogens is 256 g/mol. The van der Waals surface area contributed by atoms with E-state index < -0.39 is 5.97 Å². The summed E-state index contributed by atoms with van der Waals surface area (Å²) in [6, 6.07) is 9.45. The van der Waals surface area contributed by atoms with Crippen LogP contribution in [0.5, 0.6) is 0 Å². The largest absolute Gasteiger partial charge is 0.477 e. The van der Waals surface area contributed by atoms with Crippen LogP contribution in [0, 0.1) is 11.3 Å². The highest BCUT2D eigenvalue weighted by atomic mass is 16.4. The molecule has 1 aromatic rings. The lowest BCUT2D eigenvalue weighted by atomic mass is 10.0. The lowest BCUT2D eigenvalue weighted by Crippen LogP contribution is -2.28. The maximum absolute atomic E-state index is 11.6. The van der Waals surface area contributed by atoms with Crippen molar-refractivity contribution in [3.63, 3.8) is 0 Å². The number of hydrogen-bond acceptors (Lipinski definition) is 3. The summed E-state index contributed by atoms with van der Waals surface area (Å²) in [5.41, 5.74) is 0.593. The summed E-state index contributed by atoms with van der Waals surface area (Å²) < 4.78 is 0. The lowest BCUT2D eigenvalue weighted by Gasteiger charge is -2.10. The van der Waals surface area contributed by atoms with Gasteiger partial charge in [-0.2, -0.15) is 0 Å². The summed E-state index contributed by atoms with van der Waals surface area (Å²) in [6.45, 7) is 2.13. The van der Waals surface area contributed by atoms with Crippen molar-refractivity contribution in [1.82, 2.24) is 5.32 Å². The van der Waals surface area contributed by atoms with Crippen LogP contribution in [0.3, 0.4) is 0 Å². The van der Waals surface area contributed by atoms with Gasteiger partial charge in [-0.3, -0.25) is 10.2 Å². The Balaban J connectivity index is 2.35. The van der Waals surface area contributed by atoms with Crippen LogP contribution in [0.2, 0.25) is 0 Å². The van der Waals surface area contributed by atoms with E-state index in [-0.39, 0.29) is 24.0 Å². The van der Waals surface area contributed by atoms with Crippen molar-refractivity contribution < 1.29 is 14.7 Å². The zero-order valence-electron chi connectivity index (χ0n) is 11.3. The van der Waals surface area contributed by atoms with Crippen molar-refractivity contribution in [2.75, 3.05) is 6.54 Å². The average Bonchev–Trinajstić information content (AvgIpc) is 2.43. The first-order chi connectivity index (χ1) is 9.49. The molecule has 0 heterocycles. The van der Waals surface area contributed by atoms with E-state index in [1.165, 1.54) is 6.08 Å². The number of amides is 1. The molecule has 0 fully saturated rings. The monoisotopic (exact) mass is 274 g/mol. The van der Waals surface area contributed by atoms with E-state index >= 15 is 0 Å². The number of carbonyl (C=O) groups excluding carboxylic acids is 1. The van der Waals surface area contributed by atoms with Gasteiger partial charge in [0, 0.05) is 19.0 Å². The third-order valence-electron chi connectivity index (χ3n) is 2.66. The SMILES string of the molecule is CC(CNC(=O)/C=C/c1ccccc1)CC(=N)C(=O)O. The Morgan fingerprint density at radius 3 is 2.60 bits per heavy atom. The fourth-order valence-electron chi connectivity index (χ4n) is 1.58. The van der Waals surface area contributed by atoms with Crippen molar-refractivity contribution in [3.8, 4) is 0 Å². The zero-order valence-corrected chi connectivity index (χ0v) is 11.3. The normalized spacial score (nSPS) is 12.1. The minimum Gasteiger partial charge on any atom is -0.477 e. The highest BCUT2D eigenvalue weighted by Gasteiger charge is 2.12. The Labute approximate surface area is 117 Å². The van der Waals surface area contributed by atoms with Crippen LogP contribution in [-0.2, 0) is 9.59 Å². The molecule has 0 aromatic heterocycles. The third-order valence-corrected chi connectivity index (χ3v) is 2.66. The van der Waals surface area contributed by atoms with Gasteiger partial charge >= 0.3 is 5.97 Å². The quantitative estimate of drug-likeness (QED) is 0.524. The number of carboxylic acids is 1. The van der Waals surface area contributed by atoms with Gasteiger partial charge in [-0.15, -0.1) is 0 Å². The van der Waals surface area contributed by atoms with Crippen LogP contribution >= 0.6 is 0 Å². The fourth-order valence-corrected chi connectivity index (χ4v) is 1.58. The van der Waals surface area contributed by atoms with Crippen LogP contribution < -0.4 is 5.32 Å². The number of benzene rings is 1. The highest BCUT2D eigenvalue weighted by molar-refractivity contribution is 6.34. The third kappa shape index (κ3) is 5.95. The molecule has 1 rings (SSSR count). The Kier molecular flexibility index (Phi) is 6.16. The van der Waals surface area contributed by atoms with E-state index in [1.807, 2.05) is 30.3 Å². The first kappa shape index (κ1) is 15.6. The Hall–Kier alpha value is -2.43. The van der Waals surface area contributed by atoms with Crippen LogP contribution in [0.1, 0.15) is 18.9 Å². The number of carboxylic acid groups (broad SMARTS) is 1. The van der Waals surface area contributed by atoms with E-state index in [4.69, 9.17) is 10.5 Å². The molecule has 0 aliphatic rings. The number of hydrogen-bond donors (Lipinski definition) is 3. The molecule has 5 heteroatoms. The van der Waals surface area contributed by atoms with Crippen LogP contribution in [0.25, 0.3) is 6.08 Å². The molecule has 1 atom stereocenters. The first-order valence-corrected chi connectivity index (χ1v) is 6.30. The second-order valence-electron chi connectivity index (χ2n) is 4.58. The van der Waals surface area contributed by atoms with Gasteiger partial charge in [-0.1, -0.05) is 37.3 Å². The highest BCUT2D eigenvalue weighted by Crippen LogP contribution is 2.02. The summed E-state index contributed by atoms with van der Waals surface area (Å²) >= 11 is 0. The summed E-state index contributed by atoms with van der Waals surface area (Å²) in [5, 5.41) is 18.5. The summed E-state index contributed by atoms with van der Waals surface area (Å²) in [4.78, 5) is 22.1. The van der Waals surface area contributed by atoms with Gasteiger partial charge in [0.15, 0.2) is 0 Å². The Bertz CT molecular complexity index is 509. The topological polar surface area (TPSA) is 90.3 Å². The van der Waals surface area contributed by atoms with E-state index in [0.29, 0.717) is 6.54 Å². The molecule has 1 aromatic carbocycles. The smallest absolute Gasteiger partial charge is 0.349 e. The molecule has 20 heavy (non-hydrogen) atoms. The van der Waals surface area contributed by atoms with Crippen LogP contribution in [-0.4, -0.2) is 29.2 Å². The molecule has 5 nitrogen and oxygen atoms in total. The van der Waals surface area contributed by atoms with E-state index in [9.17, 15) is 9.59 Å². The number of aliphatic carboxylic acids is 1. The molecule has 0 saturated carbocycles. The predicted molar refractivity (Wildman–Crippen MR) is 77.6 cm³/mol. The van der Waals surface area contributed by atoms with E-state index in [2.05, 4.69) is 5.32 Å². The summed E-state index contributed by atoms with van der Waals surface area (Å²) in [7, 11) is 0. The van der Waals surface area contributed by atoms with Crippen LogP contribution in [0.4, 0.5) is 0 Å². The van der Waals surface area contributed by atoms with Gasteiger partial charge in [0.05, 0.1) is 0 Å². The van der Waals surface area contributed by atoms with Crippen molar-refractivity contribution in [1.29, 1.82) is 5.41 Å². The first-order valence-electron chi connectivity index (χ1n) is 6.30. The minimum atomic E-state index is -1.22. The van der Waals surface area contributed by atoms with E-state index in [1.54, 1.807) is 13.0 Å². The number of nitrogens with one attached hydrogen (secondary N) is 2. The second kappa shape index (κ2) is 7.89. The van der Waals surface area contributed by atoms with Gasteiger partial charge in [-0.05, 0) is 17.6 Å².